The number of likely N-dealkylation sites (N-methyl/N-ethyl adjacent to an activating group) is 1. The molecule has 0 aromatic heterocycles. The maximum atomic E-state index is 13.2. The molecule has 0 spiro atoms. The summed E-state index contributed by atoms with van der Waals surface area (Å²) in [7, 11) is 3.68. The molecule has 1 aromatic carbocycles. The highest BCUT2D eigenvalue weighted by atomic mass is 19.1. The minimum absolute atomic E-state index is 0.0679. The highest BCUT2D eigenvalue weighted by Crippen LogP contribution is 2.24. The third-order valence-corrected chi connectivity index (χ3v) is 3.32. The maximum Gasteiger partial charge on any atom is 0.324 e. The summed E-state index contributed by atoms with van der Waals surface area (Å²) in [5, 5.41) is 3.08. The number of nitrogens with zero attached hydrogens (tertiary/aromatic N) is 2. The molecule has 1 aromatic rings. The van der Waals surface area contributed by atoms with Crippen LogP contribution in [0.4, 0.5) is 14.9 Å². The first-order chi connectivity index (χ1) is 8.63. The lowest BCUT2D eigenvalue weighted by Crippen LogP contribution is -2.32. The first kappa shape index (κ1) is 12.8. The predicted octanol–water partition coefficient (Wildman–Crippen LogP) is 1.68. The van der Waals surface area contributed by atoms with Gasteiger partial charge in [-0.3, -0.25) is 4.90 Å². The van der Waals surface area contributed by atoms with E-state index in [1.54, 1.807) is 29.0 Å². The third-order valence-electron chi connectivity index (χ3n) is 3.32. The Morgan fingerprint density at radius 2 is 2.28 bits per heavy atom. The monoisotopic (exact) mass is 251 g/mol. The molecule has 1 saturated heterocycles. The van der Waals surface area contributed by atoms with Crippen LogP contribution in [0.25, 0.3) is 0 Å². The van der Waals surface area contributed by atoms with Crippen molar-refractivity contribution in [1.82, 2.24) is 10.2 Å². The molecule has 0 radical (unpaired) electrons. The standard InChI is InChI=1S/C13H18FN3O/c1-15-7-6-12-9-17(13(18)16(12)2)11-5-3-4-10(14)8-11/h3-5,8,12,15H,6-7,9H2,1-2H3. The Kier molecular flexibility index (Phi) is 3.81. The molecule has 1 aliphatic heterocycles. The molecular weight excluding hydrogens is 233 g/mol. The van der Waals surface area contributed by atoms with Gasteiger partial charge in [0.2, 0.25) is 0 Å². The number of anilines is 1. The summed E-state index contributed by atoms with van der Waals surface area (Å²) in [5.74, 6) is -0.318. The third kappa shape index (κ3) is 2.46. The van der Waals surface area contributed by atoms with Crippen molar-refractivity contribution in [3.63, 3.8) is 0 Å². The molecule has 1 aliphatic rings. The number of carbonyl (C=O) groups is 1. The quantitative estimate of drug-likeness (QED) is 0.883. The van der Waals surface area contributed by atoms with Gasteiger partial charge < -0.3 is 10.2 Å². The molecule has 18 heavy (non-hydrogen) atoms. The van der Waals surface area contributed by atoms with Crippen molar-refractivity contribution in [1.29, 1.82) is 0 Å². The molecule has 0 saturated carbocycles. The van der Waals surface area contributed by atoms with E-state index in [0.717, 1.165) is 13.0 Å². The highest BCUT2D eigenvalue weighted by molar-refractivity contribution is 5.94. The molecule has 1 atom stereocenters. The number of urea groups is 1. The molecule has 0 bridgehead atoms. The summed E-state index contributed by atoms with van der Waals surface area (Å²) in [5.41, 5.74) is 0.624. The molecule has 5 heteroatoms. The lowest BCUT2D eigenvalue weighted by molar-refractivity contribution is 0.217. The SMILES string of the molecule is CNCCC1CN(c2cccc(F)c2)C(=O)N1C. The summed E-state index contributed by atoms with van der Waals surface area (Å²) in [6.07, 6.45) is 0.893. The summed E-state index contributed by atoms with van der Waals surface area (Å²) in [6, 6.07) is 6.27. The lowest BCUT2D eigenvalue weighted by atomic mass is 10.2. The first-order valence-corrected chi connectivity index (χ1v) is 6.08. The average molecular weight is 251 g/mol. The van der Waals surface area contributed by atoms with E-state index >= 15 is 0 Å². The Balaban J connectivity index is 2.13. The minimum Gasteiger partial charge on any atom is -0.323 e. The largest absolute Gasteiger partial charge is 0.324 e. The van der Waals surface area contributed by atoms with Crippen LogP contribution in [-0.4, -0.2) is 44.2 Å². The zero-order valence-electron chi connectivity index (χ0n) is 10.7. The Bertz CT molecular complexity index is 438. The van der Waals surface area contributed by atoms with Gasteiger partial charge >= 0.3 is 6.03 Å². The number of benzene rings is 1. The summed E-state index contributed by atoms with van der Waals surface area (Å²) < 4.78 is 13.2. The number of hydrogen-bond donors (Lipinski definition) is 1. The maximum absolute atomic E-state index is 13.2. The molecule has 2 amide bonds. The smallest absolute Gasteiger partial charge is 0.323 e. The Hall–Kier alpha value is -1.62. The van der Waals surface area contributed by atoms with Gasteiger partial charge in [-0.2, -0.15) is 0 Å². The van der Waals surface area contributed by atoms with Gasteiger partial charge in [-0.15, -0.1) is 0 Å². The van der Waals surface area contributed by atoms with Crippen molar-refractivity contribution in [2.45, 2.75) is 12.5 Å². The molecular formula is C13H18FN3O. The summed E-state index contributed by atoms with van der Waals surface area (Å²) in [4.78, 5) is 15.5. The summed E-state index contributed by atoms with van der Waals surface area (Å²) in [6.45, 7) is 1.47. The summed E-state index contributed by atoms with van der Waals surface area (Å²) >= 11 is 0. The number of amides is 2. The van der Waals surface area contributed by atoms with Gasteiger partial charge in [0.25, 0.3) is 0 Å². The Morgan fingerprint density at radius 1 is 1.50 bits per heavy atom. The van der Waals surface area contributed by atoms with Crippen molar-refractivity contribution in [2.24, 2.45) is 0 Å². The van der Waals surface area contributed by atoms with Crippen molar-refractivity contribution in [3.8, 4) is 0 Å². The van der Waals surface area contributed by atoms with Crippen LogP contribution < -0.4 is 10.2 Å². The van der Waals surface area contributed by atoms with Gasteiger partial charge in [-0.05, 0) is 38.2 Å². The number of hydrogen-bond acceptors (Lipinski definition) is 2. The fraction of sp³-hybridized carbons (Fsp3) is 0.462. The van der Waals surface area contributed by atoms with Crippen molar-refractivity contribution in [2.75, 3.05) is 32.1 Å². The van der Waals surface area contributed by atoms with Crippen LogP contribution in [0.1, 0.15) is 6.42 Å². The lowest BCUT2D eigenvalue weighted by Gasteiger charge is -2.17. The second-order valence-electron chi connectivity index (χ2n) is 4.53. The predicted molar refractivity (Wildman–Crippen MR) is 69.2 cm³/mol. The van der Waals surface area contributed by atoms with Gasteiger partial charge in [0.1, 0.15) is 5.82 Å². The highest BCUT2D eigenvalue weighted by Gasteiger charge is 2.34. The first-order valence-electron chi connectivity index (χ1n) is 6.08. The second-order valence-corrected chi connectivity index (χ2v) is 4.53. The molecule has 1 unspecified atom stereocenters. The van der Waals surface area contributed by atoms with Crippen LogP contribution in [0.2, 0.25) is 0 Å². The van der Waals surface area contributed by atoms with Crippen LogP contribution in [0.3, 0.4) is 0 Å². The van der Waals surface area contributed by atoms with Crippen LogP contribution >= 0.6 is 0 Å². The van der Waals surface area contributed by atoms with Crippen molar-refractivity contribution >= 4 is 11.7 Å². The zero-order valence-corrected chi connectivity index (χ0v) is 10.7. The topological polar surface area (TPSA) is 35.6 Å². The van der Waals surface area contributed by atoms with Crippen molar-refractivity contribution < 1.29 is 9.18 Å². The van der Waals surface area contributed by atoms with Gasteiger partial charge in [-0.1, -0.05) is 6.07 Å². The fourth-order valence-corrected chi connectivity index (χ4v) is 2.21. The van der Waals surface area contributed by atoms with E-state index in [0.29, 0.717) is 12.2 Å². The number of halogens is 1. The molecule has 0 aliphatic carbocycles. The molecule has 98 valence electrons. The van der Waals surface area contributed by atoms with E-state index in [1.165, 1.54) is 12.1 Å². The zero-order chi connectivity index (χ0) is 13.1. The van der Waals surface area contributed by atoms with Gasteiger partial charge in [0, 0.05) is 19.3 Å². The number of nitrogens with one attached hydrogen (secondary N) is 1. The van der Waals surface area contributed by atoms with Crippen molar-refractivity contribution in [3.05, 3.63) is 30.1 Å². The van der Waals surface area contributed by atoms with Gasteiger partial charge in [0.15, 0.2) is 0 Å². The average Bonchev–Trinajstić information content (AvgIpc) is 2.64. The molecule has 1 heterocycles. The Labute approximate surface area is 106 Å². The molecule has 1 N–H and O–H groups in total. The molecule has 2 rings (SSSR count). The molecule has 1 fully saturated rings. The van der Waals surface area contributed by atoms with E-state index in [-0.39, 0.29) is 17.9 Å². The van der Waals surface area contributed by atoms with E-state index in [1.807, 2.05) is 7.05 Å². The van der Waals surface area contributed by atoms with Crippen LogP contribution in [0.5, 0.6) is 0 Å². The van der Waals surface area contributed by atoms with Gasteiger partial charge in [0.05, 0.1) is 6.04 Å². The van der Waals surface area contributed by atoms with E-state index in [9.17, 15) is 9.18 Å². The number of carbonyl (C=O) groups excluding carboxylic acids is 1. The normalized spacial score (nSPS) is 19.7. The number of rotatable bonds is 4. The van der Waals surface area contributed by atoms with Gasteiger partial charge in [-0.25, -0.2) is 9.18 Å². The van der Waals surface area contributed by atoms with E-state index < -0.39 is 0 Å². The van der Waals surface area contributed by atoms with E-state index in [2.05, 4.69) is 5.32 Å². The van der Waals surface area contributed by atoms with Crippen LogP contribution in [-0.2, 0) is 0 Å². The van der Waals surface area contributed by atoms with Crippen LogP contribution in [0.15, 0.2) is 24.3 Å². The van der Waals surface area contributed by atoms with Crippen LogP contribution in [0, 0.1) is 5.82 Å². The minimum atomic E-state index is -0.318. The Morgan fingerprint density at radius 3 is 2.94 bits per heavy atom. The molecule has 4 nitrogen and oxygen atoms in total. The fourth-order valence-electron chi connectivity index (χ4n) is 2.21. The second kappa shape index (κ2) is 5.35. The van der Waals surface area contributed by atoms with E-state index in [4.69, 9.17) is 0 Å².